The number of hydrogen-bond acceptors (Lipinski definition) is 8. The maximum Gasteiger partial charge on any atom is 0.145 e. The minimum atomic E-state index is -0.422. The van der Waals surface area contributed by atoms with Crippen molar-refractivity contribution >= 4 is 60.3 Å². The number of ether oxygens (including phenoxy) is 4. The van der Waals surface area contributed by atoms with Crippen molar-refractivity contribution in [2.75, 3.05) is 37.9 Å². The molecule has 0 spiro atoms. The molecular weight excluding hydrogens is 537 g/mol. The molecule has 0 radical (unpaired) electrons. The number of unbranched alkanes of at least 4 members (excludes halogenated alkanes) is 4. The second-order valence-electron chi connectivity index (χ2n) is 8.62. The molecule has 34 heavy (non-hydrogen) atoms. The lowest BCUT2D eigenvalue weighted by atomic mass is 10.3. The average molecular weight is 591 g/mol. The Bertz CT molecular complexity index is 382. The monoisotopic (exact) mass is 590 g/mol. The molecule has 0 aromatic carbocycles. The highest BCUT2D eigenvalue weighted by atomic mass is 33.7. The summed E-state index contributed by atoms with van der Waals surface area (Å²) in [5.41, 5.74) is -0.542. The second kappa shape index (κ2) is 25.0. The Labute approximate surface area is 231 Å². The van der Waals surface area contributed by atoms with Crippen LogP contribution in [0.15, 0.2) is 0 Å². The van der Waals surface area contributed by atoms with Gasteiger partial charge in [0.1, 0.15) is 10.8 Å². The summed E-state index contributed by atoms with van der Waals surface area (Å²) in [6.07, 6.45) is 11.2. The van der Waals surface area contributed by atoms with E-state index < -0.39 is 19.0 Å². The van der Waals surface area contributed by atoms with Crippen LogP contribution < -0.4 is 0 Å². The Kier molecular flexibility index (Phi) is 26.2. The van der Waals surface area contributed by atoms with Gasteiger partial charge in [0.15, 0.2) is 0 Å². The van der Waals surface area contributed by atoms with Crippen LogP contribution >= 0.6 is 41.2 Å². The van der Waals surface area contributed by atoms with Gasteiger partial charge in [-0.1, -0.05) is 88.1 Å². The molecule has 4 nitrogen and oxygen atoms in total. The van der Waals surface area contributed by atoms with Crippen LogP contribution in [0.1, 0.15) is 91.9 Å². The van der Waals surface area contributed by atoms with Crippen LogP contribution in [0.3, 0.4) is 0 Å². The van der Waals surface area contributed by atoms with E-state index in [0.717, 1.165) is 76.5 Å². The summed E-state index contributed by atoms with van der Waals surface area (Å²) in [5.74, 6) is 2.15. The van der Waals surface area contributed by atoms with Gasteiger partial charge in [-0.2, -0.15) is 0 Å². The molecule has 0 atom stereocenters. The van der Waals surface area contributed by atoms with Crippen LogP contribution in [0.2, 0.25) is 13.1 Å². The first-order chi connectivity index (χ1) is 16.6. The normalized spacial score (nSPS) is 13.2. The summed E-state index contributed by atoms with van der Waals surface area (Å²) < 4.78 is 25.3. The van der Waals surface area contributed by atoms with E-state index in [4.69, 9.17) is 18.9 Å². The van der Waals surface area contributed by atoms with E-state index >= 15 is 0 Å². The van der Waals surface area contributed by atoms with Crippen molar-refractivity contribution in [3.63, 3.8) is 0 Å². The average Bonchev–Trinajstić information content (AvgIpc) is 2.85. The Balaban J connectivity index is 4.34. The zero-order valence-electron chi connectivity index (χ0n) is 23.0. The molecule has 0 aliphatic rings. The van der Waals surface area contributed by atoms with E-state index in [1.54, 1.807) is 0 Å². The highest BCUT2D eigenvalue weighted by Crippen LogP contribution is 2.44. The molecule has 0 saturated heterocycles. The van der Waals surface area contributed by atoms with Gasteiger partial charge in [0.2, 0.25) is 0 Å². The minimum absolute atomic E-state index is 0.271. The molecule has 0 aromatic heterocycles. The van der Waals surface area contributed by atoms with E-state index in [1.807, 2.05) is 41.2 Å². The Morgan fingerprint density at radius 2 is 0.824 bits per heavy atom. The highest BCUT2D eigenvalue weighted by Gasteiger charge is 2.30. The topological polar surface area (TPSA) is 36.9 Å². The first-order valence-corrected chi connectivity index (χ1v) is 23.1. The van der Waals surface area contributed by atoms with Crippen molar-refractivity contribution in [1.29, 1.82) is 0 Å². The van der Waals surface area contributed by atoms with Gasteiger partial charge in [0, 0.05) is 50.8 Å². The Hall–Kier alpha value is 1.67. The molecule has 0 amide bonds. The molecule has 0 heterocycles. The number of hydrogen-bond donors (Lipinski definition) is 0. The summed E-state index contributed by atoms with van der Waals surface area (Å²) in [4.78, 5) is 0. The molecule has 0 aromatic rings. The summed E-state index contributed by atoms with van der Waals surface area (Å²) in [5, 5.41) is 0. The zero-order chi connectivity index (χ0) is 25.4. The van der Waals surface area contributed by atoms with Gasteiger partial charge in [0.25, 0.3) is 0 Å². The summed E-state index contributed by atoms with van der Waals surface area (Å²) in [6, 6.07) is 0. The maximum atomic E-state index is 6.32. The van der Waals surface area contributed by atoms with Gasteiger partial charge >= 0.3 is 0 Å². The van der Waals surface area contributed by atoms with Crippen molar-refractivity contribution in [2.45, 2.75) is 116 Å². The molecule has 0 unspecified atom stereocenters. The molecule has 0 aliphatic heterocycles. The molecule has 206 valence electrons. The second-order valence-corrected chi connectivity index (χ2v) is 18.4. The smallest absolute Gasteiger partial charge is 0.145 e. The summed E-state index contributed by atoms with van der Waals surface area (Å²) >= 11 is 0. The first kappa shape index (κ1) is 35.7. The number of rotatable bonds is 27. The van der Waals surface area contributed by atoms with Gasteiger partial charge in [-0.3, -0.25) is 0 Å². The minimum Gasteiger partial charge on any atom is -0.354 e. The lowest BCUT2D eigenvalue weighted by molar-refractivity contribution is -0.182. The Morgan fingerprint density at radius 1 is 0.529 bits per heavy atom. The van der Waals surface area contributed by atoms with Gasteiger partial charge in [-0.15, -0.1) is 0 Å². The van der Waals surface area contributed by atoms with Crippen molar-refractivity contribution in [3.05, 3.63) is 0 Å². The summed E-state index contributed by atoms with van der Waals surface area (Å²) in [7, 11) is 6.82. The largest absolute Gasteiger partial charge is 0.354 e. The molecule has 0 saturated carbocycles. The lowest BCUT2D eigenvalue weighted by Gasteiger charge is -2.33. The molecule has 0 bridgehead atoms. The lowest BCUT2D eigenvalue weighted by Crippen LogP contribution is -2.42. The van der Waals surface area contributed by atoms with Crippen LogP contribution in [0, 0.1) is 0 Å². The van der Waals surface area contributed by atoms with E-state index in [-0.39, 0.29) is 10.8 Å². The fraction of sp³-hybridized carbons (Fsp3) is 1.00. The molecule has 0 aliphatic carbocycles. The van der Waals surface area contributed by atoms with Gasteiger partial charge in [-0.05, 0) is 45.3 Å². The highest BCUT2D eigenvalue weighted by molar-refractivity contribution is 9.26. The predicted octanol–water partition coefficient (Wildman–Crippen LogP) is 7.45. The van der Waals surface area contributed by atoms with Crippen molar-refractivity contribution in [2.24, 2.45) is 0 Å². The van der Waals surface area contributed by atoms with E-state index in [9.17, 15) is 0 Å². The van der Waals surface area contributed by atoms with E-state index in [2.05, 4.69) is 40.8 Å². The maximum absolute atomic E-state index is 6.32. The predicted molar refractivity (Wildman–Crippen MR) is 167 cm³/mol. The van der Waals surface area contributed by atoms with Crippen LogP contribution in [0.4, 0.5) is 0 Å². The van der Waals surface area contributed by atoms with Crippen molar-refractivity contribution in [1.82, 2.24) is 0 Å². The molecule has 10 heteroatoms. The van der Waals surface area contributed by atoms with Crippen LogP contribution in [0.5, 0.6) is 0 Å². The van der Waals surface area contributed by atoms with Crippen LogP contribution in [-0.2, 0) is 18.9 Å². The Morgan fingerprint density at radius 3 is 1.06 bits per heavy atom. The van der Waals surface area contributed by atoms with Gasteiger partial charge in [0.05, 0.1) is 19.0 Å². The van der Waals surface area contributed by atoms with Crippen molar-refractivity contribution in [3.8, 4) is 0 Å². The third kappa shape index (κ3) is 18.0. The van der Waals surface area contributed by atoms with Gasteiger partial charge < -0.3 is 18.9 Å². The summed E-state index contributed by atoms with van der Waals surface area (Å²) in [6.45, 7) is 16.8. The van der Waals surface area contributed by atoms with Crippen LogP contribution in [-0.4, -0.2) is 67.8 Å². The fourth-order valence-corrected chi connectivity index (χ4v) is 12.4. The molecule has 0 fully saturated rings. The van der Waals surface area contributed by atoms with E-state index in [1.165, 1.54) is 25.7 Å². The standard InChI is InChI=1S/C24H54O4S4Si2/c1-7-11-17-25-23(33-5,26-18-12-8-2)15-21-29-31-32-30-22-16-24(34-6,27-19-13-9-3)28-20-14-10-4/h7-22,33-34H2,1-6H3. The SMILES string of the molecule is CCCCOC(CCSSSSCCC(OCCCC)(OCCCC)[SiH2]C)(OCCCC)[SiH2]C. The zero-order valence-corrected chi connectivity index (χ0v) is 29.1. The third-order valence-electron chi connectivity index (χ3n) is 5.79. The van der Waals surface area contributed by atoms with E-state index in [0.29, 0.717) is 0 Å². The van der Waals surface area contributed by atoms with Crippen LogP contribution in [0.25, 0.3) is 0 Å². The molecular formula is C24H54O4S4Si2. The van der Waals surface area contributed by atoms with Crippen molar-refractivity contribution < 1.29 is 18.9 Å². The first-order valence-electron chi connectivity index (χ1n) is 13.7. The fourth-order valence-electron chi connectivity index (χ4n) is 3.25. The van der Waals surface area contributed by atoms with Gasteiger partial charge in [-0.25, -0.2) is 0 Å². The molecule has 0 rings (SSSR count). The molecule has 0 N–H and O–H groups in total. The third-order valence-corrected chi connectivity index (χ3v) is 15.9. The quantitative estimate of drug-likeness (QED) is 0.0422.